The molecule has 0 saturated carbocycles. The van der Waals surface area contributed by atoms with E-state index >= 15 is 0 Å². The van der Waals surface area contributed by atoms with Crippen molar-refractivity contribution < 1.29 is 25.9 Å². The molecule has 1 atom stereocenters. The van der Waals surface area contributed by atoms with Crippen LogP contribution in [-0.4, -0.2) is 30.7 Å². The van der Waals surface area contributed by atoms with Crippen LogP contribution in [0.4, 0.5) is 4.39 Å². The second-order valence-corrected chi connectivity index (χ2v) is 6.05. The van der Waals surface area contributed by atoms with Crippen LogP contribution in [0.1, 0.15) is 25.3 Å². The minimum Gasteiger partial charge on any atom is -1.00 e. The van der Waals surface area contributed by atoms with E-state index in [9.17, 15) is 4.39 Å². The van der Waals surface area contributed by atoms with E-state index in [0.717, 1.165) is 29.6 Å². The lowest BCUT2D eigenvalue weighted by atomic mass is 9.99. The van der Waals surface area contributed by atoms with E-state index in [-0.39, 0.29) is 22.8 Å². The first-order chi connectivity index (χ1) is 9.15. The summed E-state index contributed by atoms with van der Waals surface area (Å²) in [6, 6.07) is 7.16. The summed E-state index contributed by atoms with van der Waals surface area (Å²) >= 11 is 0. The number of nitrogens with zero attached hydrogens (tertiary/aromatic N) is 1. The second kappa shape index (κ2) is 7.94. The lowest BCUT2D eigenvalue weighted by molar-refractivity contribution is -0.914. The normalized spacial score (nSPS) is 18.3. The molecule has 1 nitrogen and oxygen atoms in total. The van der Waals surface area contributed by atoms with Crippen molar-refractivity contribution in [2.24, 2.45) is 5.92 Å². The minimum atomic E-state index is -0.0638. The van der Waals surface area contributed by atoms with Gasteiger partial charge in [0.2, 0.25) is 0 Å². The molecular formula is C17H25BrFN. The molecule has 0 radical (unpaired) electrons. The molecular weight excluding hydrogens is 317 g/mol. The number of rotatable bonds is 6. The Bertz CT molecular complexity index is 427. The number of hydrogen-bond donors (Lipinski definition) is 0. The fourth-order valence-corrected chi connectivity index (χ4v) is 3.48. The van der Waals surface area contributed by atoms with E-state index in [1.807, 2.05) is 18.2 Å². The number of hydrogen-bond acceptors (Lipinski definition) is 0. The summed E-state index contributed by atoms with van der Waals surface area (Å²) in [7, 11) is 0. The highest BCUT2D eigenvalue weighted by molar-refractivity contribution is 5.17. The molecule has 0 bridgehead atoms. The average molecular weight is 342 g/mol. The number of benzene rings is 1. The molecule has 0 amide bonds. The van der Waals surface area contributed by atoms with Gasteiger partial charge in [-0.25, -0.2) is 4.39 Å². The van der Waals surface area contributed by atoms with Crippen molar-refractivity contribution in [1.82, 2.24) is 0 Å². The van der Waals surface area contributed by atoms with Gasteiger partial charge in [0.1, 0.15) is 5.82 Å². The zero-order chi connectivity index (χ0) is 13.7. The maximum absolute atomic E-state index is 13.7. The predicted octanol–water partition coefficient (Wildman–Crippen LogP) is 0.805. The molecule has 1 aliphatic heterocycles. The van der Waals surface area contributed by atoms with Crippen LogP contribution in [0.15, 0.2) is 36.9 Å². The van der Waals surface area contributed by atoms with Crippen LogP contribution in [0, 0.1) is 11.7 Å². The van der Waals surface area contributed by atoms with Gasteiger partial charge < -0.3 is 21.5 Å². The molecule has 1 aromatic rings. The predicted molar refractivity (Wildman–Crippen MR) is 78.4 cm³/mol. The topological polar surface area (TPSA) is 0 Å². The van der Waals surface area contributed by atoms with Gasteiger partial charge in [0.25, 0.3) is 0 Å². The Kier molecular flexibility index (Phi) is 6.90. The van der Waals surface area contributed by atoms with Gasteiger partial charge in [-0.3, -0.25) is 0 Å². The van der Waals surface area contributed by atoms with E-state index in [4.69, 9.17) is 0 Å². The Morgan fingerprint density at radius 1 is 1.30 bits per heavy atom. The van der Waals surface area contributed by atoms with Crippen molar-refractivity contribution in [3.8, 4) is 0 Å². The molecule has 0 N–H and O–H groups in total. The minimum absolute atomic E-state index is 0. The maximum atomic E-state index is 13.7. The van der Waals surface area contributed by atoms with Crippen molar-refractivity contribution in [2.75, 3.05) is 26.2 Å². The van der Waals surface area contributed by atoms with Crippen LogP contribution in [0.2, 0.25) is 0 Å². The average Bonchev–Trinajstić information content (AvgIpc) is 2.81. The number of halogens is 2. The fraction of sp³-hybridized carbons (Fsp3) is 0.529. The Hall–Kier alpha value is -0.670. The third kappa shape index (κ3) is 4.42. The van der Waals surface area contributed by atoms with E-state index in [1.165, 1.54) is 25.9 Å². The van der Waals surface area contributed by atoms with Gasteiger partial charge in [0, 0.05) is 18.8 Å². The lowest BCUT2D eigenvalue weighted by Crippen LogP contribution is -3.00. The quantitative estimate of drug-likeness (QED) is 0.530. The third-order valence-corrected chi connectivity index (χ3v) is 4.26. The highest BCUT2D eigenvalue weighted by atomic mass is 79.9. The van der Waals surface area contributed by atoms with Crippen LogP contribution in [0.5, 0.6) is 0 Å². The van der Waals surface area contributed by atoms with Crippen molar-refractivity contribution in [1.29, 1.82) is 0 Å². The third-order valence-electron chi connectivity index (χ3n) is 4.26. The molecule has 1 heterocycles. The van der Waals surface area contributed by atoms with Crippen molar-refractivity contribution >= 4 is 0 Å². The summed E-state index contributed by atoms with van der Waals surface area (Å²) in [5.41, 5.74) is 0.853. The molecule has 1 aliphatic rings. The molecule has 1 unspecified atom stereocenters. The number of likely N-dealkylation sites (tertiary alicyclic amines) is 1. The molecule has 1 saturated heterocycles. The van der Waals surface area contributed by atoms with E-state index < -0.39 is 0 Å². The van der Waals surface area contributed by atoms with Crippen LogP contribution in [-0.2, 0) is 6.42 Å². The van der Waals surface area contributed by atoms with E-state index in [1.54, 1.807) is 12.1 Å². The van der Waals surface area contributed by atoms with E-state index in [0.29, 0.717) is 5.92 Å². The summed E-state index contributed by atoms with van der Waals surface area (Å²) < 4.78 is 14.8. The summed E-state index contributed by atoms with van der Waals surface area (Å²) in [4.78, 5) is 0. The first-order valence-electron chi connectivity index (χ1n) is 7.35. The van der Waals surface area contributed by atoms with Crippen LogP contribution < -0.4 is 17.0 Å². The number of quaternary nitrogens is 1. The van der Waals surface area contributed by atoms with Crippen LogP contribution >= 0.6 is 0 Å². The molecule has 1 fully saturated rings. The molecule has 2 rings (SSSR count). The standard InChI is InChI=1S/C17H25FN.BrH/c1-3-10-19(11-6-7-12-19)14-15(2)13-16-8-4-5-9-17(16)18;/h3-5,8-9,15H,1,6-7,10-14H2,2H3;1H/q+1;/p-1. The Morgan fingerprint density at radius 2 is 1.95 bits per heavy atom. The van der Waals surface area contributed by atoms with Gasteiger partial charge in [-0.15, -0.1) is 0 Å². The van der Waals surface area contributed by atoms with Gasteiger partial charge >= 0.3 is 0 Å². The first kappa shape index (κ1) is 17.4. The summed E-state index contributed by atoms with van der Waals surface area (Å²) in [6.07, 6.45) is 5.52. The SMILES string of the molecule is C=CC[N+]1(CC(C)Cc2ccccc2F)CCCC1.[Br-]. The van der Waals surface area contributed by atoms with Gasteiger partial charge in [-0.05, 0) is 24.1 Å². The van der Waals surface area contributed by atoms with Crippen LogP contribution in [0.3, 0.4) is 0 Å². The molecule has 0 aliphatic carbocycles. The molecule has 3 heteroatoms. The van der Waals surface area contributed by atoms with E-state index in [2.05, 4.69) is 13.5 Å². The Balaban J connectivity index is 0.00000200. The summed E-state index contributed by atoms with van der Waals surface area (Å²) in [5.74, 6) is 0.445. The first-order valence-corrected chi connectivity index (χ1v) is 7.35. The van der Waals surface area contributed by atoms with Gasteiger partial charge in [0.15, 0.2) is 0 Å². The largest absolute Gasteiger partial charge is 1.00 e. The molecule has 0 spiro atoms. The zero-order valence-electron chi connectivity index (χ0n) is 12.3. The fourth-order valence-electron chi connectivity index (χ4n) is 3.48. The summed E-state index contributed by atoms with van der Waals surface area (Å²) in [6.45, 7) is 10.9. The molecule has 1 aromatic carbocycles. The van der Waals surface area contributed by atoms with Gasteiger partial charge in [-0.1, -0.05) is 31.7 Å². The van der Waals surface area contributed by atoms with Crippen molar-refractivity contribution in [3.63, 3.8) is 0 Å². The monoisotopic (exact) mass is 341 g/mol. The lowest BCUT2D eigenvalue weighted by Gasteiger charge is -2.35. The van der Waals surface area contributed by atoms with Crippen LogP contribution in [0.25, 0.3) is 0 Å². The van der Waals surface area contributed by atoms with Gasteiger partial charge in [0.05, 0.1) is 26.2 Å². The molecule has 20 heavy (non-hydrogen) atoms. The Labute approximate surface area is 132 Å². The van der Waals surface area contributed by atoms with Crippen molar-refractivity contribution in [2.45, 2.75) is 26.2 Å². The zero-order valence-corrected chi connectivity index (χ0v) is 13.9. The smallest absolute Gasteiger partial charge is 0.126 e. The maximum Gasteiger partial charge on any atom is 0.126 e. The molecule has 0 aromatic heterocycles. The highest BCUT2D eigenvalue weighted by Crippen LogP contribution is 2.23. The molecule has 112 valence electrons. The van der Waals surface area contributed by atoms with Crippen molar-refractivity contribution in [3.05, 3.63) is 48.3 Å². The summed E-state index contributed by atoms with van der Waals surface area (Å²) in [5, 5.41) is 0. The highest BCUT2D eigenvalue weighted by Gasteiger charge is 2.32. The Morgan fingerprint density at radius 3 is 2.55 bits per heavy atom. The van der Waals surface area contributed by atoms with Gasteiger partial charge in [-0.2, -0.15) is 0 Å². The second-order valence-electron chi connectivity index (χ2n) is 6.05.